The van der Waals surface area contributed by atoms with Crippen LogP contribution in [0.15, 0.2) is 17.5 Å². The van der Waals surface area contributed by atoms with Gasteiger partial charge >= 0.3 is 0 Å². The van der Waals surface area contributed by atoms with E-state index in [9.17, 15) is 0 Å². The number of nitrogens with zero attached hydrogens (tertiary/aromatic N) is 1. The summed E-state index contributed by atoms with van der Waals surface area (Å²) in [5, 5.41) is 6.86. The molecule has 2 heterocycles. The van der Waals surface area contributed by atoms with E-state index in [1.807, 2.05) is 11.3 Å². The summed E-state index contributed by atoms with van der Waals surface area (Å²) in [6.07, 6.45) is 1.11. The number of thiophene rings is 1. The molecule has 1 atom stereocenters. The molecule has 0 bridgehead atoms. The molecule has 0 spiro atoms. The normalized spacial score (nSPS) is 12.9. The summed E-state index contributed by atoms with van der Waals surface area (Å²) in [5.74, 6) is 0. The highest BCUT2D eigenvalue weighted by Crippen LogP contribution is 2.17. The third-order valence-corrected chi connectivity index (χ3v) is 4.67. The smallest absolute Gasteiger partial charge is 0.0900 e. The van der Waals surface area contributed by atoms with Crippen molar-refractivity contribution in [3.63, 3.8) is 0 Å². The second kappa shape index (κ2) is 5.76. The van der Waals surface area contributed by atoms with Gasteiger partial charge in [0.15, 0.2) is 0 Å². The van der Waals surface area contributed by atoms with Crippen molar-refractivity contribution < 1.29 is 0 Å². The first-order valence-electron chi connectivity index (χ1n) is 5.84. The molecule has 0 amide bonds. The maximum atomic E-state index is 4.45. The molecule has 2 rings (SSSR count). The van der Waals surface area contributed by atoms with Crippen LogP contribution >= 0.6 is 22.7 Å². The van der Waals surface area contributed by atoms with Crippen LogP contribution in [-0.4, -0.2) is 11.0 Å². The van der Waals surface area contributed by atoms with Gasteiger partial charge in [-0.05, 0) is 38.6 Å². The molecule has 1 N–H and O–H groups in total. The number of rotatable bonds is 5. The van der Waals surface area contributed by atoms with E-state index in [4.69, 9.17) is 0 Å². The molecular weight excluding hydrogens is 248 g/mol. The van der Waals surface area contributed by atoms with E-state index in [0.29, 0.717) is 6.04 Å². The van der Waals surface area contributed by atoms with Crippen molar-refractivity contribution in [3.8, 4) is 0 Å². The van der Waals surface area contributed by atoms with E-state index in [1.54, 1.807) is 11.3 Å². The van der Waals surface area contributed by atoms with Crippen LogP contribution in [0.25, 0.3) is 0 Å². The molecule has 2 nitrogen and oxygen atoms in total. The van der Waals surface area contributed by atoms with Gasteiger partial charge in [-0.2, -0.15) is 0 Å². The lowest BCUT2D eigenvalue weighted by atomic mass is 10.2. The second-order valence-electron chi connectivity index (χ2n) is 4.31. The molecular formula is C13H18N2S2. The van der Waals surface area contributed by atoms with Gasteiger partial charge in [-0.25, -0.2) is 4.98 Å². The SMILES string of the molecule is Cc1nc(C)c(CNC(C)Cc2cccs2)s1. The molecule has 0 aromatic carbocycles. The van der Waals surface area contributed by atoms with E-state index in [1.165, 1.54) is 15.4 Å². The summed E-state index contributed by atoms with van der Waals surface area (Å²) < 4.78 is 0. The Kier molecular flexibility index (Phi) is 4.31. The van der Waals surface area contributed by atoms with Crippen molar-refractivity contribution in [2.45, 2.75) is 39.8 Å². The predicted octanol–water partition coefficient (Wildman–Crippen LogP) is 3.54. The van der Waals surface area contributed by atoms with Crippen LogP contribution in [0.3, 0.4) is 0 Å². The van der Waals surface area contributed by atoms with Gasteiger partial charge in [0.05, 0.1) is 10.7 Å². The average molecular weight is 266 g/mol. The zero-order valence-electron chi connectivity index (χ0n) is 10.5. The Morgan fingerprint density at radius 3 is 2.82 bits per heavy atom. The van der Waals surface area contributed by atoms with Crippen molar-refractivity contribution in [2.75, 3.05) is 0 Å². The molecule has 0 radical (unpaired) electrons. The molecule has 0 aliphatic carbocycles. The first-order valence-corrected chi connectivity index (χ1v) is 7.53. The van der Waals surface area contributed by atoms with Gasteiger partial charge in [0, 0.05) is 22.3 Å². The highest BCUT2D eigenvalue weighted by molar-refractivity contribution is 7.11. The predicted molar refractivity (Wildman–Crippen MR) is 75.9 cm³/mol. The number of hydrogen-bond donors (Lipinski definition) is 1. The summed E-state index contributed by atoms with van der Waals surface area (Å²) in [5.41, 5.74) is 1.17. The maximum Gasteiger partial charge on any atom is 0.0900 e. The fourth-order valence-electron chi connectivity index (χ4n) is 1.81. The van der Waals surface area contributed by atoms with Crippen molar-refractivity contribution in [1.29, 1.82) is 0 Å². The van der Waals surface area contributed by atoms with E-state index in [0.717, 1.165) is 18.0 Å². The van der Waals surface area contributed by atoms with E-state index in [-0.39, 0.29) is 0 Å². The Morgan fingerprint density at radius 1 is 1.41 bits per heavy atom. The fraction of sp³-hybridized carbons (Fsp3) is 0.462. The highest BCUT2D eigenvalue weighted by Gasteiger charge is 2.07. The standard InChI is InChI=1S/C13H18N2S2/c1-9(7-12-5-4-6-16-12)14-8-13-10(2)15-11(3)17-13/h4-6,9,14H,7-8H2,1-3H3. The van der Waals surface area contributed by atoms with Gasteiger partial charge < -0.3 is 5.32 Å². The molecule has 0 saturated carbocycles. The number of thiazole rings is 1. The van der Waals surface area contributed by atoms with Crippen molar-refractivity contribution in [2.24, 2.45) is 0 Å². The molecule has 2 aromatic rings. The van der Waals surface area contributed by atoms with E-state index >= 15 is 0 Å². The lowest BCUT2D eigenvalue weighted by Gasteiger charge is -2.12. The van der Waals surface area contributed by atoms with Crippen LogP contribution in [0.1, 0.15) is 27.4 Å². The number of aromatic nitrogens is 1. The highest BCUT2D eigenvalue weighted by atomic mass is 32.1. The van der Waals surface area contributed by atoms with Crippen LogP contribution in [0.5, 0.6) is 0 Å². The van der Waals surface area contributed by atoms with E-state index in [2.05, 4.69) is 48.6 Å². The third-order valence-electron chi connectivity index (χ3n) is 2.70. The molecule has 17 heavy (non-hydrogen) atoms. The molecule has 0 saturated heterocycles. The zero-order chi connectivity index (χ0) is 12.3. The van der Waals surface area contributed by atoms with Crippen molar-refractivity contribution in [3.05, 3.63) is 38.0 Å². The lowest BCUT2D eigenvalue weighted by molar-refractivity contribution is 0.551. The summed E-state index contributed by atoms with van der Waals surface area (Å²) in [4.78, 5) is 7.25. The Bertz CT molecular complexity index is 460. The molecule has 2 aromatic heterocycles. The van der Waals surface area contributed by atoms with Gasteiger partial charge in [-0.3, -0.25) is 0 Å². The molecule has 4 heteroatoms. The van der Waals surface area contributed by atoms with Gasteiger partial charge in [-0.15, -0.1) is 22.7 Å². The summed E-state index contributed by atoms with van der Waals surface area (Å²) in [7, 11) is 0. The summed E-state index contributed by atoms with van der Waals surface area (Å²) >= 11 is 3.62. The first-order chi connectivity index (χ1) is 8.15. The van der Waals surface area contributed by atoms with Gasteiger partial charge in [0.1, 0.15) is 0 Å². The minimum absolute atomic E-state index is 0.510. The molecule has 1 unspecified atom stereocenters. The Hall–Kier alpha value is -0.710. The van der Waals surface area contributed by atoms with Gasteiger partial charge in [0.2, 0.25) is 0 Å². The minimum Gasteiger partial charge on any atom is -0.309 e. The number of nitrogens with one attached hydrogen (secondary N) is 1. The van der Waals surface area contributed by atoms with Gasteiger partial charge in [0.25, 0.3) is 0 Å². The molecule has 92 valence electrons. The summed E-state index contributed by atoms with van der Waals surface area (Å²) in [6, 6.07) is 4.82. The van der Waals surface area contributed by atoms with Crippen LogP contribution in [-0.2, 0) is 13.0 Å². The summed E-state index contributed by atoms with van der Waals surface area (Å²) in [6.45, 7) is 7.33. The molecule has 0 fully saturated rings. The minimum atomic E-state index is 0.510. The third kappa shape index (κ3) is 3.63. The lowest BCUT2D eigenvalue weighted by Crippen LogP contribution is -2.27. The zero-order valence-corrected chi connectivity index (χ0v) is 12.1. The van der Waals surface area contributed by atoms with E-state index < -0.39 is 0 Å². The second-order valence-corrected chi connectivity index (χ2v) is 6.63. The van der Waals surface area contributed by atoms with Crippen LogP contribution < -0.4 is 5.32 Å². The van der Waals surface area contributed by atoms with Crippen LogP contribution in [0.4, 0.5) is 0 Å². The Balaban J connectivity index is 1.84. The van der Waals surface area contributed by atoms with Crippen molar-refractivity contribution in [1.82, 2.24) is 10.3 Å². The number of aryl methyl sites for hydroxylation is 2. The topological polar surface area (TPSA) is 24.9 Å². The fourth-order valence-corrected chi connectivity index (χ4v) is 3.53. The monoisotopic (exact) mass is 266 g/mol. The Morgan fingerprint density at radius 2 is 2.24 bits per heavy atom. The maximum absolute atomic E-state index is 4.45. The van der Waals surface area contributed by atoms with Crippen molar-refractivity contribution >= 4 is 22.7 Å². The van der Waals surface area contributed by atoms with Crippen LogP contribution in [0.2, 0.25) is 0 Å². The average Bonchev–Trinajstić information content (AvgIpc) is 2.86. The van der Waals surface area contributed by atoms with Crippen LogP contribution in [0, 0.1) is 13.8 Å². The molecule has 0 aliphatic heterocycles. The molecule has 0 aliphatic rings. The first kappa shape index (κ1) is 12.7. The Labute approximate surface area is 111 Å². The largest absolute Gasteiger partial charge is 0.309 e. The quantitative estimate of drug-likeness (QED) is 0.895. The number of hydrogen-bond acceptors (Lipinski definition) is 4. The van der Waals surface area contributed by atoms with Gasteiger partial charge in [-0.1, -0.05) is 6.07 Å².